The fraction of sp³-hybridized carbons (Fsp3) is 0.167. The summed E-state index contributed by atoms with van der Waals surface area (Å²) in [6.45, 7) is 1.96. The van der Waals surface area contributed by atoms with Crippen LogP contribution in [0.25, 0.3) is 0 Å². The fourth-order valence-electron chi connectivity index (χ4n) is 1.74. The SMILES string of the molecule is CC(Oc1ccccc1)C(=O)NCC#Cc1cccc(Cl)c1. The first-order chi connectivity index (χ1) is 10.6. The highest BCUT2D eigenvalue weighted by atomic mass is 35.5. The molecule has 0 saturated heterocycles. The molecule has 2 aromatic carbocycles. The molecule has 0 aliphatic carbocycles. The minimum atomic E-state index is -0.574. The van der Waals surface area contributed by atoms with Crippen molar-refractivity contribution in [2.45, 2.75) is 13.0 Å². The number of benzene rings is 2. The molecule has 1 amide bonds. The van der Waals surface area contributed by atoms with Gasteiger partial charge in [-0.05, 0) is 37.3 Å². The number of halogens is 1. The predicted octanol–water partition coefficient (Wildman–Crippen LogP) is 3.28. The summed E-state index contributed by atoms with van der Waals surface area (Å²) in [5.41, 5.74) is 0.815. The Morgan fingerprint density at radius 1 is 1.23 bits per heavy atom. The molecular weight excluding hydrogens is 298 g/mol. The first kappa shape index (κ1) is 15.9. The number of amides is 1. The zero-order valence-electron chi connectivity index (χ0n) is 12.2. The fourth-order valence-corrected chi connectivity index (χ4v) is 1.93. The van der Waals surface area contributed by atoms with Crippen LogP contribution in [0.3, 0.4) is 0 Å². The van der Waals surface area contributed by atoms with Gasteiger partial charge in [0.15, 0.2) is 6.10 Å². The van der Waals surface area contributed by atoms with Gasteiger partial charge in [-0.1, -0.05) is 47.7 Å². The lowest BCUT2D eigenvalue weighted by Crippen LogP contribution is -2.36. The van der Waals surface area contributed by atoms with Gasteiger partial charge in [0.1, 0.15) is 5.75 Å². The zero-order chi connectivity index (χ0) is 15.8. The maximum Gasteiger partial charge on any atom is 0.261 e. The Kier molecular flexibility index (Phi) is 5.88. The number of nitrogens with one attached hydrogen (secondary N) is 1. The van der Waals surface area contributed by atoms with E-state index in [1.54, 1.807) is 19.1 Å². The van der Waals surface area contributed by atoms with Crippen molar-refractivity contribution in [2.75, 3.05) is 6.54 Å². The van der Waals surface area contributed by atoms with Crippen LogP contribution in [-0.2, 0) is 4.79 Å². The Morgan fingerprint density at radius 3 is 2.73 bits per heavy atom. The van der Waals surface area contributed by atoms with Crippen molar-refractivity contribution < 1.29 is 9.53 Å². The zero-order valence-corrected chi connectivity index (χ0v) is 12.9. The van der Waals surface area contributed by atoms with E-state index in [-0.39, 0.29) is 12.5 Å². The molecule has 0 heterocycles. The molecule has 4 heteroatoms. The van der Waals surface area contributed by atoms with E-state index in [0.29, 0.717) is 10.8 Å². The van der Waals surface area contributed by atoms with E-state index in [1.807, 2.05) is 42.5 Å². The molecule has 22 heavy (non-hydrogen) atoms. The second kappa shape index (κ2) is 8.11. The summed E-state index contributed by atoms with van der Waals surface area (Å²) < 4.78 is 5.53. The summed E-state index contributed by atoms with van der Waals surface area (Å²) in [6.07, 6.45) is -0.574. The maximum atomic E-state index is 11.9. The maximum absolute atomic E-state index is 11.9. The third-order valence-electron chi connectivity index (χ3n) is 2.83. The van der Waals surface area contributed by atoms with Crippen LogP contribution in [0.4, 0.5) is 0 Å². The number of hydrogen-bond donors (Lipinski definition) is 1. The highest BCUT2D eigenvalue weighted by molar-refractivity contribution is 6.30. The summed E-state index contributed by atoms with van der Waals surface area (Å²) in [7, 11) is 0. The van der Waals surface area contributed by atoms with Crippen LogP contribution in [-0.4, -0.2) is 18.6 Å². The molecule has 0 saturated carbocycles. The van der Waals surface area contributed by atoms with Gasteiger partial charge in [-0.15, -0.1) is 0 Å². The third-order valence-corrected chi connectivity index (χ3v) is 3.07. The van der Waals surface area contributed by atoms with Crippen LogP contribution >= 0.6 is 11.6 Å². The van der Waals surface area contributed by atoms with Gasteiger partial charge in [-0.3, -0.25) is 4.79 Å². The molecule has 2 rings (SSSR count). The standard InChI is InChI=1S/C18H16ClNO2/c1-14(22-17-10-3-2-4-11-17)18(21)20-12-6-8-15-7-5-9-16(19)13-15/h2-5,7,9-11,13-14H,12H2,1H3,(H,20,21). The largest absolute Gasteiger partial charge is 0.481 e. The first-order valence-electron chi connectivity index (χ1n) is 6.89. The highest BCUT2D eigenvalue weighted by Gasteiger charge is 2.13. The number of hydrogen-bond acceptors (Lipinski definition) is 2. The van der Waals surface area contributed by atoms with E-state index >= 15 is 0 Å². The van der Waals surface area contributed by atoms with Crippen molar-refractivity contribution in [1.29, 1.82) is 0 Å². The predicted molar refractivity (Wildman–Crippen MR) is 87.9 cm³/mol. The summed E-state index contributed by atoms with van der Waals surface area (Å²) >= 11 is 5.87. The van der Waals surface area contributed by atoms with Crippen LogP contribution < -0.4 is 10.1 Å². The van der Waals surface area contributed by atoms with Gasteiger partial charge in [-0.2, -0.15) is 0 Å². The van der Waals surface area contributed by atoms with E-state index < -0.39 is 6.10 Å². The normalized spacial score (nSPS) is 11.0. The second-order valence-corrected chi connectivity index (χ2v) is 5.04. The Morgan fingerprint density at radius 2 is 2.00 bits per heavy atom. The number of carbonyl (C=O) groups excluding carboxylic acids is 1. The number of rotatable bonds is 4. The van der Waals surface area contributed by atoms with Gasteiger partial charge in [0, 0.05) is 10.6 Å². The molecule has 0 spiro atoms. The van der Waals surface area contributed by atoms with Crippen molar-refractivity contribution >= 4 is 17.5 Å². The molecule has 0 bridgehead atoms. The lowest BCUT2D eigenvalue weighted by Gasteiger charge is -2.13. The monoisotopic (exact) mass is 313 g/mol. The van der Waals surface area contributed by atoms with Crippen molar-refractivity contribution in [3.63, 3.8) is 0 Å². The van der Waals surface area contributed by atoms with Crippen molar-refractivity contribution in [2.24, 2.45) is 0 Å². The van der Waals surface area contributed by atoms with Crippen molar-refractivity contribution in [1.82, 2.24) is 5.32 Å². The smallest absolute Gasteiger partial charge is 0.261 e. The third kappa shape index (κ3) is 5.16. The van der Waals surface area contributed by atoms with Gasteiger partial charge in [0.05, 0.1) is 6.54 Å². The molecule has 0 aromatic heterocycles. The van der Waals surface area contributed by atoms with Crippen LogP contribution in [0.15, 0.2) is 54.6 Å². The van der Waals surface area contributed by atoms with Gasteiger partial charge in [-0.25, -0.2) is 0 Å². The molecule has 1 atom stereocenters. The molecule has 0 fully saturated rings. The van der Waals surface area contributed by atoms with Crippen molar-refractivity contribution in [3.05, 3.63) is 65.2 Å². The van der Waals surface area contributed by atoms with Gasteiger partial charge in [0.25, 0.3) is 5.91 Å². The lowest BCUT2D eigenvalue weighted by atomic mass is 10.2. The molecule has 3 nitrogen and oxygen atoms in total. The van der Waals surface area contributed by atoms with Crippen molar-refractivity contribution in [3.8, 4) is 17.6 Å². The van der Waals surface area contributed by atoms with Gasteiger partial charge < -0.3 is 10.1 Å². The topological polar surface area (TPSA) is 38.3 Å². The number of carbonyl (C=O) groups is 1. The Hall–Kier alpha value is -2.44. The Balaban J connectivity index is 1.80. The molecule has 0 aliphatic heterocycles. The average Bonchev–Trinajstić information content (AvgIpc) is 2.52. The quantitative estimate of drug-likeness (QED) is 0.880. The van der Waals surface area contributed by atoms with E-state index in [2.05, 4.69) is 17.2 Å². The van der Waals surface area contributed by atoms with Crippen LogP contribution in [0, 0.1) is 11.8 Å². The first-order valence-corrected chi connectivity index (χ1v) is 7.27. The van der Waals surface area contributed by atoms with Crippen LogP contribution in [0.1, 0.15) is 12.5 Å². The molecule has 0 aliphatic rings. The Labute approximate surface area is 135 Å². The van der Waals surface area contributed by atoms with Gasteiger partial charge >= 0.3 is 0 Å². The summed E-state index contributed by atoms with van der Waals surface area (Å²) in [5.74, 6) is 6.28. The minimum absolute atomic E-state index is 0.204. The van der Waals surface area contributed by atoms with Crippen LogP contribution in [0.2, 0.25) is 5.02 Å². The summed E-state index contributed by atoms with van der Waals surface area (Å²) in [6, 6.07) is 16.5. The molecule has 0 radical (unpaired) electrons. The molecule has 1 N–H and O–H groups in total. The number of para-hydroxylation sites is 1. The average molecular weight is 314 g/mol. The molecule has 1 unspecified atom stereocenters. The van der Waals surface area contributed by atoms with E-state index in [4.69, 9.17) is 16.3 Å². The van der Waals surface area contributed by atoms with E-state index in [0.717, 1.165) is 5.56 Å². The summed E-state index contributed by atoms with van der Waals surface area (Å²) in [4.78, 5) is 11.9. The second-order valence-electron chi connectivity index (χ2n) is 4.60. The minimum Gasteiger partial charge on any atom is -0.481 e. The molecule has 112 valence electrons. The Bertz CT molecular complexity index is 689. The van der Waals surface area contributed by atoms with Gasteiger partial charge in [0.2, 0.25) is 0 Å². The van der Waals surface area contributed by atoms with Crippen LogP contribution in [0.5, 0.6) is 5.75 Å². The summed E-state index contributed by atoms with van der Waals surface area (Å²) in [5, 5.41) is 3.36. The van der Waals surface area contributed by atoms with E-state index in [9.17, 15) is 4.79 Å². The molecule has 2 aromatic rings. The van der Waals surface area contributed by atoms with E-state index in [1.165, 1.54) is 0 Å². The lowest BCUT2D eigenvalue weighted by molar-refractivity contribution is -0.126. The highest BCUT2D eigenvalue weighted by Crippen LogP contribution is 2.11. The number of ether oxygens (including phenoxy) is 1. The molecular formula is C18H16ClNO2.